The summed E-state index contributed by atoms with van der Waals surface area (Å²) in [5.74, 6) is 1.14. The number of rotatable bonds is 7. The van der Waals surface area contributed by atoms with Gasteiger partial charge in [0.15, 0.2) is 0 Å². The fourth-order valence-electron chi connectivity index (χ4n) is 3.97. The summed E-state index contributed by atoms with van der Waals surface area (Å²) in [6.45, 7) is 5.78. The third kappa shape index (κ3) is 4.45. The Bertz CT molecular complexity index is 502. The minimum atomic E-state index is 0.646. The first-order valence-electron chi connectivity index (χ1n) is 9.40. The van der Waals surface area contributed by atoms with Gasteiger partial charge < -0.3 is 15.5 Å². The molecule has 1 aromatic rings. The molecule has 2 aliphatic heterocycles. The lowest BCUT2D eigenvalue weighted by atomic mass is 10.1. The topological polar surface area (TPSA) is 40.2 Å². The number of hydrogen-bond donors (Lipinski definition) is 2. The van der Waals surface area contributed by atoms with Crippen LogP contribution in [-0.2, 0) is 12.8 Å². The van der Waals surface area contributed by atoms with Crippen molar-refractivity contribution in [2.75, 3.05) is 32.0 Å². The maximum Gasteiger partial charge on any atom is 0.129 e. The molecule has 0 amide bonds. The Balaban J connectivity index is 1.35. The van der Waals surface area contributed by atoms with Crippen LogP contribution in [0.3, 0.4) is 0 Å². The quantitative estimate of drug-likeness (QED) is 0.759. The van der Waals surface area contributed by atoms with Gasteiger partial charge in [-0.1, -0.05) is 12.5 Å². The van der Waals surface area contributed by atoms with E-state index in [0.717, 1.165) is 24.8 Å². The standard InChI is InChI=1S/C19H32N4/c1-15-18(11-13-20-15)23(2)14-5-3-4-8-17-10-9-16-7-6-12-21-19(16)22-17/h9-10,15,18,20H,3-8,11-14H2,1-2H3,(H,21,22)/t15-,18-/m0/s1. The molecule has 3 heterocycles. The Hall–Kier alpha value is -1.13. The summed E-state index contributed by atoms with van der Waals surface area (Å²) >= 11 is 0. The van der Waals surface area contributed by atoms with Crippen molar-refractivity contribution in [3.8, 4) is 0 Å². The van der Waals surface area contributed by atoms with Crippen molar-refractivity contribution >= 4 is 5.82 Å². The fraction of sp³-hybridized carbons (Fsp3) is 0.737. The minimum Gasteiger partial charge on any atom is -0.370 e. The van der Waals surface area contributed by atoms with Crippen LogP contribution in [0.4, 0.5) is 5.82 Å². The lowest BCUT2D eigenvalue weighted by molar-refractivity contribution is 0.224. The molecule has 1 saturated heterocycles. The molecule has 0 spiro atoms. The molecule has 0 aliphatic carbocycles. The molecule has 3 rings (SSSR count). The van der Waals surface area contributed by atoms with Crippen LogP contribution in [-0.4, -0.2) is 48.6 Å². The van der Waals surface area contributed by atoms with E-state index >= 15 is 0 Å². The monoisotopic (exact) mass is 316 g/mol. The molecule has 0 saturated carbocycles. The summed E-state index contributed by atoms with van der Waals surface area (Å²) < 4.78 is 0. The van der Waals surface area contributed by atoms with E-state index in [2.05, 4.69) is 41.6 Å². The number of unbranched alkanes of at least 4 members (excludes halogenated alkanes) is 2. The summed E-state index contributed by atoms with van der Waals surface area (Å²) in [5, 5.41) is 6.97. The maximum atomic E-state index is 4.79. The first kappa shape index (κ1) is 16.7. The zero-order chi connectivity index (χ0) is 16.1. The first-order chi connectivity index (χ1) is 11.2. The van der Waals surface area contributed by atoms with Crippen molar-refractivity contribution in [2.45, 2.75) is 64.0 Å². The molecule has 2 N–H and O–H groups in total. The molecule has 1 fully saturated rings. The Labute approximate surface area is 141 Å². The van der Waals surface area contributed by atoms with Gasteiger partial charge in [0.05, 0.1) is 0 Å². The number of pyridine rings is 1. The lowest BCUT2D eigenvalue weighted by Gasteiger charge is -2.27. The second-order valence-electron chi connectivity index (χ2n) is 7.23. The predicted octanol–water partition coefficient (Wildman–Crippen LogP) is 2.83. The van der Waals surface area contributed by atoms with Gasteiger partial charge in [-0.2, -0.15) is 0 Å². The van der Waals surface area contributed by atoms with Gasteiger partial charge in [0.25, 0.3) is 0 Å². The molecular weight excluding hydrogens is 284 g/mol. The third-order valence-electron chi connectivity index (χ3n) is 5.45. The van der Waals surface area contributed by atoms with Gasteiger partial charge >= 0.3 is 0 Å². The van der Waals surface area contributed by atoms with E-state index in [-0.39, 0.29) is 0 Å². The predicted molar refractivity (Wildman–Crippen MR) is 97.1 cm³/mol. The van der Waals surface area contributed by atoms with Gasteiger partial charge in [0, 0.05) is 24.3 Å². The van der Waals surface area contributed by atoms with Crippen molar-refractivity contribution in [3.63, 3.8) is 0 Å². The van der Waals surface area contributed by atoms with Crippen LogP contribution in [0.2, 0.25) is 0 Å². The number of nitrogens with one attached hydrogen (secondary N) is 2. The van der Waals surface area contributed by atoms with Crippen LogP contribution in [0.1, 0.15) is 50.3 Å². The van der Waals surface area contributed by atoms with Gasteiger partial charge in [-0.25, -0.2) is 4.98 Å². The molecule has 0 bridgehead atoms. The van der Waals surface area contributed by atoms with Crippen LogP contribution in [0.5, 0.6) is 0 Å². The van der Waals surface area contributed by atoms with E-state index in [1.165, 1.54) is 62.9 Å². The number of anilines is 1. The van der Waals surface area contributed by atoms with Gasteiger partial charge in [-0.05, 0) is 77.2 Å². The molecule has 128 valence electrons. The summed E-state index contributed by atoms with van der Waals surface area (Å²) in [6, 6.07) is 5.87. The first-order valence-corrected chi connectivity index (χ1v) is 9.40. The van der Waals surface area contributed by atoms with Crippen LogP contribution in [0.25, 0.3) is 0 Å². The molecular formula is C19H32N4. The van der Waals surface area contributed by atoms with Crippen molar-refractivity contribution in [1.82, 2.24) is 15.2 Å². The molecule has 4 nitrogen and oxygen atoms in total. The normalized spacial score (nSPS) is 23.8. The van der Waals surface area contributed by atoms with E-state index in [4.69, 9.17) is 4.98 Å². The average Bonchev–Trinajstić information content (AvgIpc) is 3.00. The Morgan fingerprint density at radius 3 is 2.96 bits per heavy atom. The van der Waals surface area contributed by atoms with Crippen molar-refractivity contribution in [2.24, 2.45) is 0 Å². The average molecular weight is 316 g/mol. The molecule has 1 aromatic heterocycles. The zero-order valence-electron chi connectivity index (χ0n) is 14.8. The highest BCUT2D eigenvalue weighted by Gasteiger charge is 2.25. The van der Waals surface area contributed by atoms with E-state index < -0.39 is 0 Å². The number of aryl methyl sites for hydroxylation is 2. The van der Waals surface area contributed by atoms with Gasteiger partial charge in [0.1, 0.15) is 5.82 Å². The lowest BCUT2D eigenvalue weighted by Crippen LogP contribution is -2.40. The molecule has 0 radical (unpaired) electrons. The summed E-state index contributed by atoms with van der Waals surface area (Å²) in [7, 11) is 2.28. The van der Waals surface area contributed by atoms with E-state index in [0.29, 0.717) is 6.04 Å². The number of aromatic nitrogens is 1. The van der Waals surface area contributed by atoms with Crippen LogP contribution < -0.4 is 10.6 Å². The van der Waals surface area contributed by atoms with Crippen LogP contribution >= 0.6 is 0 Å². The number of hydrogen-bond acceptors (Lipinski definition) is 4. The van der Waals surface area contributed by atoms with Crippen molar-refractivity contribution in [3.05, 3.63) is 23.4 Å². The Kier molecular flexibility index (Phi) is 5.90. The summed E-state index contributed by atoms with van der Waals surface area (Å²) in [6.07, 6.45) is 8.66. The highest BCUT2D eigenvalue weighted by atomic mass is 15.2. The smallest absolute Gasteiger partial charge is 0.129 e. The van der Waals surface area contributed by atoms with Crippen LogP contribution in [0.15, 0.2) is 12.1 Å². The second-order valence-corrected chi connectivity index (χ2v) is 7.23. The second kappa shape index (κ2) is 8.11. The highest BCUT2D eigenvalue weighted by molar-refractivity contribution is 5.46. The Morgan fingerprint density at radius 2 is 2.13 bits per heavy atom. The largest absolute Gasteiger partial charge is 0.370 e. The van der Waals surface area contributed by atoms with Crippen LogP contribution in [0, 0.1) is 0 Å². The molecule has 2 atom stereocenters. The minimum absolute atomic E-state index is 0.646. The van der Waals surface area contributed by atoms with Gasteiger partial charge in [-0.3, -0.25) is 0 Å². The van der Waals surface area contributed by atoms with Gasteiger partial charge in [0.2, 0.25) is 0 Å². The summed E-state index contributed by atoms with van der Waals surface area (Å²) in [5.41, 5.74) is 2.64. The van der Waals surface area contributed by atoms with E-state index in [1.807, 2.05) is 0 Å². The zero-order valence-corrected chi connectivity index (χ0v) is 14.8. The molecule has 4 heteroatoms. The number of likely N-dealkylation sites (N-methyl/N-ethyl adjacent to an activating group) is 1. The maximum absolute atomic E-state index is 4.79. The van der Waals surface area contributed by atoms with E-state index in [1.54, 1.807) is 0 Å². The highest BCUT2D eigenvalue weighted by Crippen LogP contribution is 2.20. The molecule has 2 aliphatic rings. The van der Waals surface area contributed by atoms with E-state index in [9.17, 15) is 0 Å². The summed E-state index contributed by atoms with van der Waals surface area (Å²) in [4.78, 5) is 7.34. The molecule has 0 unspecified atom stereocenters. The van der Waals surface area contributed by atoms with Crippen molar-refractivity contribution < 1.29 is 0 Å². The number of fused-ring (bicyclic) bond motifs is 1. The Morgan fingerprint density at radius 1 is 1.22 bits per heavy atom. The van der Waals surface area contributed by atoms with Crippen molar-refractivity contribution in [1.29, 1.82) is 0 Å². The fourth-order valence-corrected chi connectivity index (χ4v) is 3.97. The SMILES string of the molecule is C[C@@H]1NCC[C@@H]1N(C)CCCCCc1ccc2c(n1)NCCC2. The molecule has 0 aromatic carbocycles. The third-order valence-corrected chi connectivity index (χ3v) is 5.45. The molecule has 23 heavy (non-hydrogen) atoms. The van der Waals surface area contributed by atoms with Gasteiger partial charge in [-0.15, -0.1) is 0 Å². The number of nitrogens with zero attached hydrogens (tertiary/aromatic N) is 2.